The number of aromatic nitrogens is 2. The molecule has 0 amide bonds. The third kappa shape index (κ3) is 2.02. The van der Waals surface area contributed by atoms with E-state index in [4.69, 9.17) is 0 Å². The van der Waals surface area contributed by atoms with Crippen molar-refractivity contribution in [1.29, 1.82) is 0 Å². The Morgan fingerprint density at radius 2 is 0.767 bits per heavy atom. The molecule has 0 spiro atoms. The van der Waals surface area contributed by atoms with Gasteiger partial charge in [0.25, 0.3) is 0 Å². The third-order valence-corrected chi connectivity index (χ3v) is 5.56. The summed E-state index contributed by atoms with van der Waals surface area (Å²) < 4.78 is 0. The van der Waals surface area contributed by atoms with E-state index in [9.17, 15) is 19.2 Å². The summed E-state index contributed by atoms with van der Waals surface area (Å²) in [6.07, 6.45) is 0. The molecule has 1 aromatic heterocycles. The highest BCUT2D eigenvalue weighted by molar-refractivity contribution is 6.04. The number of rotatable bonds is 0. The summed E-state index contributed by atoms with van der Waals surface area (Å²) in [6, 6.07) is 16.1. The molecule has 0 aliphatic carbocycles. The molecule has 30 heavy (non-hydrogen) atoms. The highest BCUT2D eigenvalue weighted by atomic mass is 16.1. The van der Waals surface area contributed by atoms with Crippen LogP contribution >= 0.6 is 0 Å². The molecular weight excluding hydrogens is 380 g/mol. The molecule has 0 radical (unpaired) electrons. The predicted molar refractivity (Wildman–Crippen MR) is 117 cm³/mol. The molecule has 0 unspecified atom stereocenters. The van der Waals surface area contributed by atoms with Crippen LogP contribution in [0, 0.1) is 0 Å². The fraction of sp³-hybridized carbons (Fsp3) is 0. The molecule has 0 saturated heterocycles. The van der Waals surface area contributed by atoms with Gasteiger partial charge in [0.05, 0.1) is 11.0 Å². The Morgan fingerprint density at radius 3 is 1.13 bits per heavy atom. The summed E-state index contributed by atoms with van der Waals surface area (Å²) in [7, 11) is 0. The van der Waals surface area contributed by atoms with Crippen LogP contribution in [0.15, 0.2) is 79.8 Å². The van der Waals surface area contributed by atoms with Crippen LogP contribution in [-0.2, 0) is 0 Å². The van der Waals surface area contributed by atoms with E-state index in [-0.39, 0.29) is 65.3 Å². The van der Waals surface area contributed by atoms with Gasteiger partial charge in [0.15, 0.2) is 10.9 Å². The minimum Gasteiger partial charge on any atom is -0.289 e. The van der Waals surface area contributed by atoms with Crippen LogP contribution in [0.2, 0.25) is 0 Å². The molecule has 1 heterocycles. The highest BCUT2D eigenvalue weighted by Crippen LogP contribution is 2.21. The fourth-order valence-corrected chi connectivity index (χ4v) is 4.10. The van der Waals surface area contributed by atoms with Crippen molar-refractivity contribution in [2.24, 2.45) is 0 Å². The van der Waals surface area contributed by atoms with Gasteiger partial charge in [0, 0.05) is 32.3 Å². The maximum atomic E-state index is 12.9. The van der Waals surface area contributed by atoms with Gasteiger partial charge in [-0.15, -0.1) is 0 Å². The Bertz CT molecular complexity index is 1660. The second-order valence-corrected chi connectivity index (χ2v) is 7.21. The second kappa shape index (κ2) is 5.61. The first-order valence-corrected chi connectivity index (χ1v) is 9.27. The fourth-order valence-electron chi connectivity index (χ4n) is 4.10. The van der Waals surface area contributed by atoms with Crippen molar-refractivity contribution >= 4 is 54.4 Å². The lowest BCUT2D eigenvalue weighted by Crippen LogP contribution is -2.16. The van der Waals surface area contributed by atoms with Crippen molar-refractivity contribution in [3.05, 3.63) is 102 Å². The molecule has 6 nitrogen and oxygen atoms in total. The normalized spacial score (nSPS) is 11.9. The highest BCUT2D eigenvalue weighted by Gasteiger charge is 2.16. The monoisotopic (exact) mass is 390 g/mol. The van der Waals surface area contributed by atoms with Crippen molar-refractivity contribution in [3.63, 3.8) is 0 Å². The molecule has 0 fully saturated rings. The largest absolute Gasteiger partial charge is 0.289 e. The molecule has 6 rings (SSSR count). The summed E-state index contributed by atoms with van der Waals surface area (Å²) in [4.78, 5) is 60.4. The third-order valence-electron chi connectivity index (χ3n) is 5.56. The van der Waals surface area contributed by atoms with E-state index in [0.29, 0.717) is 10.8 Å². The summed E-state index contributed by atoms with van der Waals surface area (Å²) in [5, 5.41) is 1.66. The maximum absolute atomic E-state index is 12.9. The lowest BCUT2D eigenvalue weighted by Gasteiger charge is -2.05. The molecular formula is C24H10N2O4. The van der Waals surface area contributed by atoms with Gasteiger partial charge in [-0.2, -0.15) is 0 Å². The summed E-state index contributed by atoms with van der Waals surface area (Å²) in [5.41, 5.74) is -0.853. The summed E-state index contributed by atoms with van der Waals surface area (Å²) in [5.74, 6) is 0. The molecule has 5 aromatic carbocycles. The molecule has 0 saturated carbocycles. The Labute approximate surface area is 166 Å². The van der Waals surface area contributed by atoms with Gasteiger partial charge in [-0.3, -0.25) is 19.2 Å². The molecule has 6 heteroatoms. The summed E-state index contributed by atoms with van der Waals surface area (Å²) >= 11 is 0. The topological polar surface area (TPSA) is 94.1 Å². The number of fused-ring (bicyclic) bond motifs is 5. The zero-order valence-corrected chi connectivity index (χ0v) is 15.3. The number of hydrogen-bond donors (Lipinski definition) is 0. The van der Waals surface area contributed by atoms with E-state index < -0.39 is 0 Å². The molecule has 6 aromatic rings. The van der Waals surface area contributed by atoms with Crippen molar-refractivity contribution in [1.82, 2.24) is 9.97 Å². The Kier molecular flexibility index (Phi) is 3.11. The molecule has 0 N–H and O–H groups in total. The van der Waals surface area contributed by atoms with Crippen LogP contribution in [0.4, 0.5) is 0 Å². The average molecular weight is 390 g/mol. The lowest BCUT2D eigenvalue weighted by atomic mass is 10.0. The van der Waals surface area contributed by atoms with Crippen LogP contribution < -0.4 is 21.7 Å². The van der Waals surface area contributed by atoms with E-state index in [0.717, 1.165) is 0 Å². The van der Waals surface area contributed by atoms with E-state index in [2.05, 4.69) is 9.97 Å². The van der Waals surface area contributed by atoms with Crippen LogP contribution in [0.25, 0.3) is 54.4 Å². The quantitative estimate of drug-likeness (QED) is 0.370. The first-order chi connectivity index (χ1) is 14.5. The number of benzene rings is 5. The van der Waals surface area contributed by atoms with Gasteiger partial charge >= 0.3 is 0 Å². The lowest BCUT2D eigenvalue weighted by molar-refractivity contribution is 1.38. The van der Waals surface area contributed by atoms with Crippen molar-refractivity contribution in [2.45, 2.75) is 0 Å². The van der Waals surface area contributed by atoms with E-state index in [1.54, 1.807) is 48.5 Å². The van der Waals surface area contributed by atoms with Crippen LogP contribution in [0.3, 0.4) is 0 Å². The molecule has 0 atom stereocenters. The van der Waals surface area contributed by atoms with Gasteiger partial charge in [-0.05, 0) is 12.1 Å². The van der Waals surface area contributed by atoms with Crippen molar-refractivity contribution in [3.8, 4) is 0 Å². The van der Waals surface area contributed by atoms with Crippen LogP contribution in [0.5, 0.6) is 0 Å². The zero-order chi connectivity index (χ0) is 20.6. The Hall–Kier alpha value is -4.32. The Balaban J connectivity index is 1.87. The van der Waals surface area contributed by atoms with Gasteiger partial charge in [0.2, 0.25) is 10.9 Å². The maximum Gasteiger partial charge on any atom is 0.214 e. The van der Waals surface area contributed by atoms with Gasteiger partial charge in [0.1, 0.15) is 11.0 Å². The summed E-state index contributed by atoms with van der Waals surface area (Å²) in [6.45, 7) is 0. The molecule has 140 valence electrons. The van der Waals surface area contributed by atoms with Crippen molar-refractivity contribution < 1.29 is 0 Å². The Morgan fingerprint density at radius 1 is 0.433 bits per heavy atom. The average Bonchev–Trinajstić information content (AvgIpc) is 2.79. The van der Waals surface area contributed by atoms with Gasteiger partial charge in [-0.1, -0.05) is 48.5 Å². The minimum atomic E-state index is -0.389. The first kappa shape index (κ1) is 16.6. The predicted octanol–water partition coefficient (Wildman–Crippen LogP) is 2.56. The van der Waals surface area contributed by atoms with Gasteiger partial charge in [-0.25, -0.2) is 9.97 Å². The van der Waals surface area contributed by atoms with Crippen LogP contribution in [0.1, 0.15) is 0 Å². The second-order valence-electron chi connectivity index (χ2n) is 7.21. The van der Waals surface area contributed by atoms with Crippen molar-refractivity contribution in [2.75, 3.05) is 0 Å². The number of hydrogen-bond acceptors (Lipinski definition) is 6. The van der Waals surface area contributed by atoms with E-state index in [1.165, 1.54) is 12.1 Å². The number of nitrogens with zero attached hydrogens (tertiary/aromatic N) is 2. The standard InChI is InChI=1S/C24H10N2O4/c27-21-11-5-1-2-6-12(11)22(28)16-10-18-17(9-15(16)21)25-19-20(26-18)24(30)14-8-4-3-7-13(14)23(19)29/h1-10H. The van der Waals surface area contributed by atoms with E-state index in [1.807, 2.05) is 0 Å². The van der Waals surface area contributed by atoms with E-state index >= 15 is 0 Å². The molecule has 0 aliphatic heterocycles. The zero-order valence-electron chi connectivity index (χ0n) is 15.3. The van der Waals surface area contributed by atoms with Crippen LogP contribution in [-0.4, -0.2) is 9.97 Å². The molecule has 0 bridgehead atoms. The van der Waals surface area contributed by atoms with Gasteiger partial charge < -0.3 is 0 Å². The first-order valence-electron chi connectivity index (χ1n) is 9.27. The minimum absolute atomic E-state index is 0.0406. The smallest absolute Gasteiger partial charge is 0.214 e. The SMILES string of the molecule is O=c1c2ccccc2c(=O)c2cc3nc4c(=O)c5ccccc5c(=O)c4nc3cc12. The molecule has 0 aliphatic rings.